The standard InChI is InChI=1S/C20H25F3N4O3/c1-30-11-10-27-19(29)26-9-8-14(4-7-17(26)25-27)12-18(28)24-13-15-2-5-16(6-3-15)20(21,22)23/h2-3,5-6,14H,4,7-13H2,1H3,(H,24,28). The second-order valence-corrected chi connectivity index (χ2v) is 7.44. The molecule has 1 atom stereocenters. The minimum Gasteiger partial charge on any atom is -0.383 e. The van der Waals surface area contributed by atoms with Crippen molar-refractivity contribution in [3.05, 3.63) is 51.7 Å². The number of halogens is 3. The molecule has 2 aromatic rings. The fourth-order valence-electron chi connectivity index (χ4n) is 3.56. The van der Waals surface area contributed by atoms with Crippen LogP contribution >= 0.6 is 0 Å². The van der Waals surface area contributed by atoms with Crippen molar-refractivity contribution >= 4 is 5.91 Å². The van der Waals surface area contributed by atoms with Crippen LogP contribution in [0.15, 0.2) is 29.1 Å². The summed E-state index contributed by atoms with van der Waals surface area (Å²) in [4.78, 5) is 24.7. The van der Waals surface area contributed by atoms with Gasteiger partial charge in [-0.25, -0.2) is 9.48 Å². The zero-order valence-electron chi connectivity index (χ0n) is 16.7. The molecule has 1 aliphatic rings. The van der Waals surface area contributed by atoms with Crippen molar-refractivity contribution in [2.24, 2.45) is 5.92 Å². The van der Waals surface area contributed by atoms with Gasteiger partial charge in [-0.15, -0.1) is 0 Å². The van der Waals surface area contributed by atoms with Gasteiger partial charge in [-0.05, 0) is 36.5 Å². The number of alkyl halides is 3. The fourth-order valence-corrected chi connectivity index (χ4v) is 3.56. The first kappa shape index (κ1) is 22.1. The Morgan fingerprint density at radius 2 is 2.00 bits per heavy atom. The maximum absolute atomic E-state index is 12.6. The van der Waals surface area contributed by atoms with E-state index in [2.05, 4.69) is 10.4 Å². The molecule has 7 nitrogen and oxygen atoms in total. The molecule has 1 aromatic heterocycles. The average Bonchev–Trinajstić information content (AvgIpc) is 2.87. The van der Waals surface area contributed by atoms with Gasteiger partial charge in [-0.3, -0.25) is 9.36 Å². The van der Waals surface area contributed by atoms with Gasteiger partial charge in [0, 0.05) is 33.0 Å². The van der Waals surface area contributed by atoms with E-state index >= 15 is 0 Å². The summed E-state index contributed by atoms with van der Waals surface area (Å²) < 4.78 is 45.9. The molecule has 3 rings (SSSR count). The smallest absolute Gasteiger partial charge is 0.383 e. The number of benzene rings is 1. The Hall–Kier alpha value is -2.62. The summed E-state index contributed by atoms with van der Waals surface area (Å²) in [6.07, 6.45) is -2.01. The van der Waals surface area contributed by atoms with Gasteiger partial charge in [0.25, 0.3) is 0 Å². The highest BCUT2D eigenvalue weighted by Crippen LogP contribution is 2.29. The van der Waals surface area contributed by atoms with Gasteiger partial charge in [-0.2, -0.15) is 18.3 Å². The highest BCUT2D eigenvalue weighted by Gasteiger charge is 2.30. The first-order valence-electron chi connectivity index (χ1n) is 9.86. The molecule has 0 radical (unpaired) electrons. The van der Waals surface area contributed by atoms with E-state index in [-0.39, 0.29) is 24.1 Å². The first-order chi connectivity index (χ1) is 14.3. The molecule has 0 saturated heterocycles. The molecule has 1 N–H and O–H groups in total. The van der Waals surface area contributed by atoms with Crippen molar-refractivity contribution in [2.45, 2.75) is 51.5 Å². The Balaban J connectivity index is 1.49. The van der Waals surface area contributed by atoms with E-state index in [1.54, 1.807) is 11.7 Å². The number of carbonyl (C=O) groups excluding carboxylic acids is 1. The zero-order chi connectivity index (χ0) is 21.7. The summed E-state index contributed by atoms with van der Waals surface area (Å²) in [6.45, 7) is 1.51. The summed E-state index contributed by atoms with van der Waals surface area (Å²) in [6, 6.07) is 4.74. The van der Waals surface area contributed by atoms with Crippen LogP contribution in [0, 0.1) is 5.92 Å². The van der Waals surface area contributed by atoms with Crippen LogP contribution in [-0.4, -0.2) is 34.0 Å². The van der Waals surface area contributed by atoms with Crippen molar-refractivity contribution in [1.82, 2.24) is 19.7 Å². The molecule has 0 bridgehead atoms. The van der Waals surface area contributed by atoms with E-state index in [9.17, 15) is 22.8 Å². The van der Waals surface area contributed by atoms with Gasteiger partial charge < -0.3 is 10.1 Å². The summed E-state index contributed by atoms with van der Waals surface area (Å²) in [5.41, 5.74) is -0.266. The molecular formula is C20H25F3N4O3. The van der Waals surface area contributed by atoms with E-state index in [1.165, 1.54) is 16.8 Å². The number of aryl methyl sites for hydroxylation is 1. The third-order valence-electron chi connectivity index (χ3n) is 5.29. The number of fused-ring (bicyclic) bond motifs is 1. The Bertz CT molecular complexity index is 919. The highest BCUT2D eigenvalue weighted by atomic mass is 19.4. The molecule has 1 unspecified atom stereocenters. The minimum absolute atomic E-state index is 0.117. The molecule has 10 heteroatoms. The number of rotatable bonds is 7. The molecule has 30 heavy (non-hydrogen) atoms. The van der Waals surface area contributed by atoms with Gasteiger partial charge in [0.15, 0.2) is 0 Å². The third kappa shape index (κ3) is 5.50. The predicted octanol–water partition coefficient (Wildman–Crippen LogP) is 2.37. The quantitative estimate of drug-likeness (QED) is 0.738. The lowest BCUT2D eigenvalue weighted by atomic mass is 9.96. The van der Waals surface area contributed by atoms with Crippen LogP contribution in [0.5, 0.6) is 0 Å². The minimum atomic E-state index is -4.37. The molecule has 1 aromatic carbocycles. The lowest BCUT2D eigenvalue weighted by Gasteiger charge is -2.14. The zero-order valence-corrected chi connectivity index (χ0v) is 16.7. The second kappa shape index (κ2) is 9.46. The van der Waals surface area contributed by atoms with Crippen LogP contribution in [0.25, 0.3) is 0 Å². The third-order valence-corrected chi connectivity index (χ3v) is 5.29. The number of carbonyl (C=O) groups is 1. The van der Waals surface area contributed by atoms with Crippen LogP contribution in [0.3, 0.4) is 0 Å². The van der Waals surface area contributed by atoms with Crippen LogP contribution < -0.4 is 11.0 Å². The van der Waals surface area contributed by atoms with E-state index in [0.29, 0.717) is 44.5 Å². The molecule has 1 amide bonds. The van der Waals surface area contributed by atoms with Crippen LogP contribution in [0.4, 0.5) is 13.2 Å². The van der Waals surface area contributed by atoms with Gasteiger partial charge in [0.05, 0.1) is 18.7 Å². The molecule has 0 aliphatic carbocycles. The number of nitrogens with zero attached hydrogens (tertiary/aromatic N) is 3. The predicted molar refractivity (Wildman–Crippen MR) is 103 cm³/mol. The van der Waals surface area contributed by atoms with Gasteiger partial charge in [-0.1, -0.05) is 12.1 Å². The van der Waals surface area contributed by atoms with Crippen molar-refractivity contribution in [1.29, 1.82) is 0 Å². The maximum atomic E-state index is 12.6. The van der Waals surface area contributed by atoms with Crippen LogP contribution in [-0.2, 0) is 41.8 Å². The highest BCUT2D eigenvalue weighted by molar-refractivity contribution is 5.76. The monoisotopic (exact) mass is 426 g/mol. The Morgan fingerprint density at radius 3 is 2.67 bits per heavy atom. The molecule has 1 aliphatic heterocycles. The van der Waals surface area contributed by atoms with Gasteiger partial charge in [0.1, 0.15) is 5.82 Å². The molecule has 0 fully saturated rings. The molecule has 164 valence electrons. The number of methoxy groups -OCH3 is 1. The molecule has 0 saturated carbocycles. The summed E-state index contributed by atoms with van der Waals surface area (Å²) >= 11 is 0. The van der Waals surface area contributed by atoms with Crippen molar-refractivity contribution in [3.8, 4) is 0 Å². The van der Waals surface area contributed by atoms with Crippen LogP contribution in [0.1, 0.15) is 36.2 Å². The lowest BCUT2D eigenvalue weighted by Crippen LogP contribution is -2.28. The van der Waals surface area contributed by atoms with Crippen molar-refractivity contribution in [2.75, 3.05) is 13.7 Å². The first-order valence-corrected chi connectivity index (χ1v) is 9.86. The second-order valence-electron chi connectivity index (χ2n) is 7.44. The van der Waals surface area contributed by atoms with Crippen molar-refractivity contribution in [3.63, 3.8) is 0 Å². The summed E-state index contributed by atoms with van der Waals surface area (Å²) in [5.74, 6) is 0.687. The summed E-state index contributed by atoms with van der Waals surface area (Å²) in [5, 5.41) is 7.13. The largest absolute Gasteiger partial charge is 0.416 e. The van der Waals surface area contributed by atoms with Gasteiger partial charge in [0.2, 0.25) is 5.91 Å². The topological polar surface area (TPSA) is 78.2 Å². The van der Waals surface area contributed by atoms with Crippen LogP contribution in [0.2, 0.25) is 0 Å². The SMILES string of the molecule is COCCn1nc2n(c1=O)CCC(CC(=O)NCc1ccc(C(F)(F)F)cc1)CC2. The van der Waals surface area contributed by atoms with E-state index < -0.39 is 11.7 Å². The molecular weight excluding hydrogens is 401 g/mol. The number of hydrogen-bond acceptors (Lipinski definition) is 4. The van der Waals surface area contributed by atoms with Gasteiger partial charge >= 0.3 is 11.9 Å². The number of amides is 1. The number of nitrogens with one attached hydrogen (secondary N) is 1. The normalized spacial score (nSPS) is 16.7. The van der Waals surface area contributed by atoms with Crippen molar-refractivity contribution < 1.29 is 22.7 Å². The van der Waals surface area contributed by atoms with E-state index in [1.807, 2.05) is 0 Å². The number of aromatic nitrogens is 3. The fraction of sp³-hybridized carbons (Fsp3) is 0.550. The molecule has 0 spiro atoms. The Morgan fingerprint density at radius 1 is 1.27 bits per heavy atom. The van der Waals surface area contributed by atoms with E-state index in [0.717, 1.165) is 24.4 Å². The Labute approximate surface area is 171 Å². The van der Waals surface area contributed by atoms with E-state index in [4.69, 9.17) is 4.74 Å². The Kier molecular flexibility index (Phi) is 6.96. The number of ether oxygens (including phenoxy) is 1. The number of hydrogen-bond donors (Lipinski definition) is 1. The average molecular weight is 426 g/mol. The lowest BCUT2D eigenvalue weighted by molar-refractivity contribution is -0.137. The summed E-state index contributed by atoms with van der Waals surface area (Å²) in [7, 11) is 1.57. The maximum Gasteiger partial charge on any atom is 0.416 e. The molecule has 2 heterocycles.